The van der Waals surface area contributed by atoms with E-state index in [1.165, 1.54) is 5.56 Å². The molecule has 2 N–H and O–H groups in total. The van der Waals surface area contributed by atoms with Crippen LogP contribution < -0.4 is 5.32 Å². The summed E-state index contributed by atoms with van der Waals surface area (Å²) in [7, 11) is 0. The number of aromatic carboxylic acids is 1. The summed E-state index contributed by atoms with van der Waals surface area (Å²) in [4.78, 5) is 12.7. The first kappa shape index (κ1) is 23.3. The smallest absolute Gasteiger partial charge is 0.353 e. The normalized spacial score (nSPS) is 10.9. The molecule has 38 heavy (non-hydrogen) atoms. The molecule has 6 aromatic rings. The monoisotopic (exact) mass is 494 g/mol. The van der Waals surface area contributed by atoms with E-state index in [1.807, 2.05) is 95.6 Å². The molecule has 4 heteroatoms. The zero-order valence-corrected chi connectivity index (χ0v) is 20.7. The minimum absolute atomic E-state index is 0.291. The van der Waals surface area contributed by atoms with Crippen LogP contribution in [0, 0.1) is 0 Å². The van der Waals surface area contributed by atoms with Crippen LogP contribution in [-0.2, 0) is 6.54 Å². The minimum atomic E-state index is -0.943. The molecular formula is C34H26N2O2. The van der Waals surface area contributed by atoms with Gasteiger partial charge in [0.15, 0.2) is 0 Å². The van der Waals surface area contributed by atoms with Gasteiger partial charge in [0.25, 0.3) is 0 Å². The van der Waals surface area contributed by atoms with Crippen molar-refractivity contribution in [2.24, 2.45) is 0 Å². The average molecular weight is 495 g/mol. The number of benzene rings is 5. The molecule has 0 atom stereocenters. The van der Waals surface area contributed by atoms with Crippen molar-refractivity contribution in [3.05, 3.63) is 145 Å². The van der Waals surface area contributed by atoms with Gasteiger partial charge in [0.1, 0.15) is 5.69 Å². The number of hydrogen-bond acceptors (Lipinski definition) is 2. The van der Waals surface area contributed by atoms with E-state index in [9.17, 15) is 9.90 Å². The fourth-order valence-electron chi connectivity index (χ4n) is 5.03. The van der Waals surface area contributed by atoms with Crippen LogP contribution in [0.1, 0.15) is 16.1 Å². The molecule has 0 fully saturated rings. The first-order chi connectivity index (χ1) is 18.7. The number of hydrogen-bond donors (Lipinski definition) is 2. The Morgan fingerprint density at radius 2 is 1.18 bits per heavy atom. The first-order valence-electron chi connectivity index (χ1n) is 12.6. The highest BCUT2D eigenvalue weighted by atomic mass is 16.4. The van der Waals surface area contributed by atoms with Crippen LogP contribution in [0.2, 0.25) is 0 Å². The molecule has 0 bridgehead atoms. The molecule has 1 heterocycles. The molecule has 0 saturated heterocycles. The predicted octanol–water partition coefficient (Wildman–Crippen LogP) is 8.47. The maximum absolute atomic E-state index is 12.7. The molecule has 0 aliphatic rings. The van der Waals surface area contributed by atoms with E-state index < -0.39 is 5.97 Å². The zero-order chi connectivity index (χ0) is 25.9. The number of carboxylic acids is 1. The lowest BCUT2D eigenvalue weighted by atomic mass is 10.0. The van der Waals surface area contributed by atoms with Gasteiger partial charge in [-0.15, -0.1) is 0 Å². The third kappa shape index (κ3) is 4.56. The first-order valence-corrected chi connectivity index (χ1v) is 12.6. The number of rotatable bonds is 7. The Hall–Kier alpha value is -5.09. The second kappa shape index (κ2) is 10.1. The molecule has 5 aromatic carbocycles. The molecule has 0 aliphatic carbocycles. The molecule has 0 unspecified atom stereocenters. The maximum Gasteiger partial charge on any atom is 0.353 e. The van der Waals surface area contributed by atoms with Gasteiger partial charge in [0, 0.05) is 34.4 Å². The lowest BCUT2D eigenvalue weighted by Crippen LogP contribution is -2.10. The highest BCUT2D eigenvalue weighted by Crippen LogP contribution is 2.37. The molecule has 0 radical (unpaired) electrons. The Labute approximate surface area is 221 Å². The van der Waals surface area contributed by atoms with E-state index in [1.54, 1.807) is 0 Å². The molecule has 0 aliphatic heterocycles. The van der Waals surface area contributed by atoms with E-state index in [0.29, 0.717) is 12.2 Å². The third-order valence-corrected chi connectivity index (χ3v) is 6.79. The fourth-order valence-corrected chi connectivity index (χ4v) is 5.03. The van der Waals surface area contributed by atoms with Gasteiger partial charge >= 0.3 is 5.97 Å². The summed E-state index contributed by atoms with van der Waals surface area (Å²) in [6.45, 7) is 0.472. The van der Waals surface area contributed by atoms with Crippen LogP contribution in [-0.4, -0.2) is 15.6 Å². The highest BCUT2D eigenvalue weighted by Gasteiger charge is 2.24. The van der Waals surface area contributed by atoms with Gasteiger partial charge in [-0.05, 0) is 52.6 Å². The number of nitrogens with one attached hydrogen (secondary N) is 1. The third-order valence-electron chi connectivity index (χ3n) is 6.79. The number of carboxylic acid groups (broad SMARTS) is 1. The Morgan fingerprint density at radius 3 is 1.82 bits per heavy atom. The van der Waals surface area contributed by atoms with Crippen LogP contribution in [0.3, 0.4) is 0 Å². The van der Waals surface area contributed by atoms with E-state index in [-0.39, 0.29) is 0 Å². The standard InChI is InChI=1S/C34H26N2O2/c37-34(38)33-32(27-14-8-3-9-15-27)30-22-29(20-21-31(30)36(33)23-24-10-4-1-5-11-24)35-28-18-16-26(17-19-28)25-12-6-2-7-13-25/h1-22,35H,23H2,(H,37,38). The number of anilines is 2. The van der Waals surface area contributed by atoms with Crippen molar-refractivity contribution in [3.8, 4) is 22.3 Å². The fraction of sp³-hybridized carbons (Fsp3) is 0.0294. The van der Waals surface area contributed by atoms with Crippen LogP contribution in [0.5, 0.6) is 0 Å². The number of aromatic nitrogens is 1. The Balaban J connectivity index is 1.44. The van der Waals surface area contributed by atoms with Gasteiger partial charge in [-0.25, -0.2) is 4.79 Å². The summed E-state index contributed by atoms with van der Waals surface area (Å²) in [6, 6.07) is 44.4. The van der Waals surface area contributed by atoms with Gasteiger partial charge in [0.05, 0.1) is 0 Å². The van der Waals surface area contributed by atoms with Crippen LogP contribution in [0.15, 0.2) is 133 Å². The van der Waals surface area contributed by atoms with Crippen LogP contribution in [0.25, 0.3) is 33.2 Å². The highest BCUT2D eigenvalue weighted by molar-refractivity contribution is 6.09. The largest absolute Gasteiger partial charge is 0.477 e. The van der Waals surface area contributed by atoms with Gasteiger partial charge in [-0.2, -0.15) is 0 Å². The maximum atomic E-state index is 12.7. The van der Waals surface area contributed by atoms with E-state index in [4.69, 9.17) is 0 Å². The van der Waals surface area contributed by atoms with Crippen molar-refractivity contribution in [1.82, 2.24) is 4.57 Å². The van der Waals surface area contributed by atoms with Gasteiger partial charge in [-0.1, -0.05) is 103 Å². The summed E-state index contributed by atoms with van der Waals surface area (Å²) in [5.74, 6) is -0.943. The quantitative estimate of drug-likeness (QED) is 0.234. The summed E-state index contributed by atoms with van der Waals surface area (Å²) < 4.78 is 1.91. The van der Waals surface area contributed by atoms with Crippen molar-refractivity contribution in [3.63, 3.8) is 0 Å². The summed E-state index contributed by atoms with van der Waals surface area (Å²) in [5, 5.41) is 14.8. The molecule has 4 nitrogen and oxygen atoms in total. The number of carbonyl (C=O) groups is 1. The molecule has 1 aromatic heterocycles. The van der Waals surface area contributed by atoms with Gasteiger partial charge < -0.3 is 15.0 Å². The van der Waals surface area contributed by atoms with Gasteiger partial charge in [0.2, 0.25) is 0 Å². The molecule has 0 spiro atoms. The molecular weight excluding hydrogens is 468 g/mol. The van der Waals surface area contributed by atoms with Crippen molar-refractivity contribution in [2.75, 3.05) is 5.32 Å². The van der Waals surface area contributed by atoms with Crippen molar-refractivity contribution < 1.29 is 9.90 Å². The van der Waals surface area contributed by atoms with E-state index in [0.717, 1.165) is 44.5 Å². The second-order valence-corrected chi connectivity index (χ2v) is 9.27. The Kier molecular flexibility index (Phi) is 6.20. The van der Waals surface area contributed by atoms with Crippen molar-refractivity contribution >= 4 is 28.2 Å². The topological polar surface area (TPSA) is 54.3 Å². The van der Waals surface area contributed by atoms with Crippen LogP contribution >= 0.6 is 0 Å². The molecule has 6 rings (SSSR count). The summed E-state index contributed by atoms with van der Waals surface area (Å²) >= 11 is 0. The lowest BCUT2D eigenvalue weighted by molar-refractivity contribution is 0.0687. The summed E-state index contributed by atoms with van der Waals surface area (Å²) in [6.07, 6.45) is 0. The number of fused-ring (bicyclic) bond motifs is 1. The van der Waals surface area contributed by atoms with E-state index in [2.05, 4.69) is 47.8 Å². The minimum Gasteiger partial charge on any atom is -0.477 e. The molecule has 184 valence electrons. The zero-order valence-electron chi connectivity index (χ0n) is 20.7. The molecule has 0 saturated carbocycles. The van der Waals surface area contributed by atoms with E-state index >= 15 is 0 Å². The predicted molar refractivity (Wildman–Crippen MR) is 155 cm³/mol. The SMILES string of the molecule is O=C(O)c1c(-c2ccccc2)c2cc(Nc3ccc(-c4ccccc4)cc3)ccc2n1Cc1ccccc1. The number of nitrogens with zero attached hydrogens (tertiary/aromatic N) is 1. The van der Waals surface area contributed by atoms with Crippen molar-refractivity contribution in [2.45, 2.75) is 6.54 Å². The van der Waals surface area contributed by atoms with Crippen molar-refractivity contribution in [1.29, 1.82) is 0 Å². The Morgan fingerprint density at radius 1 is 0.632 bits per heavy atom. The Bertz CT molecular complexity index is 1710. The van der Waals surface area contributed by atoms with Gasteiger partial charge in [-0.3, -0.25) is 0 Å². The lowest BCUT2D eigenvalue weighted by Gasteiger charge is -2.10. The second-order valence-electron chi connectivity index (χ2n) is 9.27. The molecule has 0 amide bonds. The average Bonchev–Trinajstić information content (AvgIpc) is 3.28. The van der Waals surface area contributed by atoms with Crippen LogP contribution in [0.4, 0.5) is 11.4 Å². The summed E-state index contributed by atoms with van der Waals surface area (Å²) in [5.41, 5.74) is 8.03.